The molecular weight excluding hydrogens is 348 g/mol. The molecule has 0 spiro atoms. The molecule has 22 heavy (non-hydrogen) atoms. The molecule has 5 nitrogen and oxygen atoms in total. The number of pyridine rings is 1. The highest BCUT2D eigenvalue weighted by atomic mass is 79.9. The van der Waals surface area contributed by atoms with E-state index in [4.69, 9.17) is 4.74 Å². The number of carbonyl (C=O) groups excluding carboxylic acids is 1. The van der Waals surface area contributed by atoms with Crippen LogP contribution in [-0.2, 0) is 10.3 Å². The normalized spacial score (nSPS) is 30.7. The van der Waals surface area contributed by atoms with Crippen LogP contribution in [0.25, 0.3) is 0 Å². The first kappa shape index (κ1) is 15.7. The van der Waals surface area contributed by atoms with E-state index in [0.29, 0.717) is 13.0 Å². The van der Waals surface area contributed by atoms with Crippen molar-refractivity contribution in [3.05, 3.63) is 28.5 Å². The lowest BCUT2D eigenvalue weighted by atomic mass is 9.83. The summed E-state index contributed by atoms with van der Waals surface area (Å²) in [6.45, 7) is 6.13. The van der Waals surface area contributed by atoms with Gasteiger partial charge in [0.15, 0.2) is 0 Å². The van der Waals surface area contributed by atoms with Crippen LogP contribution >= 0.6 is 15.9 Å². The van der Waals surface area contributed by atoms with Crippen LogP contribution in [0.5, 0.6) is 0 Å². The second-order valence-electron chi connectivity index (χ2n) is 7.20. The molecule has 1 saturated carbocycles. The molecule has 2 bridgehead atoms. The molecule has 0 aromatic carbocycles. The number of nitrogens with zero attached hydrogens (tertiary/aromatic N) is 2. The third kappa shape index (κ3) is 2.63. The SMILES string of the molecule is CC(C)(C)OC(=O)N1CC2CC1CC2(O)c1ccncc1Br. The number of aliphatic hydroxyl groups is 1. The largest absolute Gasteiger partial charge is 0.444 e. The number of fused-ring (bicyclic) bond motifs is 2. The zero-order chi connectivity index (χ0) is 16.1. The fourth-order valence-electron chi connectivity index (χ4n) is 3.58. The van der Waals surface area contributed by atoms with Gasteiger partial charge in [-0.1, -0.05) is 0 Å². The Morgan fingerprint density at radius 3 is 2.82 bits per heavy atom. The predicted molar refractivity (Wildman–Crippen MR) is 85.3 cm³/mol. The highest BCUT2D eigenvalue weighted by Gasteiger charge is 2.56. The Morgan fingerprint density at radius 1 is 1.55 bits per heavy atom. The van der Waals surface area contributed by atoms with Crippen molar-refractivity contribution < 1.29 is 14.6 Å². The Labute approximate surface area is 138 Å². The first-order valence-corrected chi connectivity index (χ1v) is 8.32. The van der Waals surface area contributed by atoms with Gasteiger partial charge in [-0.3, -0.25) is 4.98 Å². The van der Waals surface area contributed by atoms with E-state index in [1.54, 1.807) is 17.3 Å². The summed E-state index contributed by atoms with van der Waals surface area (Å²) >= 11 is 3.47. The van der Waals surface area contributed by atoms with E-state index in [-0.39, 0.29) is 18.1 Å². The van der Waals surface area contributed by atoms with Crippen molar-refractivity contribution in [2.45, 2.75) is 50.9 Å². The zero-order valence-corrected chi connectivity index (χ0v) is 14.6. The average molecular weight is 369 g/mol. The number of carbonyl (C=O) groups is 1. The third-order valence-electron chi connectivity index (χ3n) is 4.50. The van der Waals surface area contributed by atoms with Gasteiger partial charge in [-0.2, -0.15) is 0 Å². The fraction of sp³-hybridized carbons (Fsp3) is 0.625. The minimum atomic E-state index is -0.898. The Bertz CT molecular complexity index is 601. The molecule has 1 aromatic rings. The van der Waals surface area contributed by atoms with Gasteiger partial charge < -0.3 is 14.7 Å². The molecule has 1 amide bonds. The van der Waals surface area contributed by atoms with Gasteiger partial charge in [0.2, 0.25) is 0 Å². The van der Waals surface area contributed by atoms with Gasteiger partial charge in [0.05, 0.1) is 5.60 Å². The maximum Gasteiger partial charge on any atom is 0.410 e. The van der Waals surface area contributed by atoms with Crippen LogP contribution in [0.1, 0.15) is 39.2 Å². The van der Waals surface area contributed by atoms with Crippen LogP contribution in [0.2, 0.25) is 0 Å². The molecule has 1 aliphatic heterocycles. The van der Waals surface area contributed by atoms with E-state index >= 15 is 0 Å². The Kier molecular flexibility index (Phi) is 3.72. The molecule has 2 fully saturated rings. The van der Waals surface area contributed by atoms with Crippen molar-refractivity contribution >= 4 is 22.0 Å². The van der Waals surface area contributed by atoms with E-state index < -0.39 is 11.2 Å². The second kappa shape index (κ2) is 5.20. The molecule has 6 heteroatoms. The number of hydrogen-bond donors (Lipinski definition) is 1. The lowest BCUT2D eigenvalue weighted by Gasteiger charge is -2.38. The van der Waals surface area contributed by atoms with Crippen LogP contribution in [0, 0.1) is 5.92 Å². The minimum Gasteiger partial charge on any atom is -0.444 e. The molecule has 3 rings (SSSR count). The summed E-state index contributed by atoms with van der Waals surface area (Å²) in [6, 6.07) is 1.88. The predicted octanol–water partition coefficient (Wildman–Crippen LogP) is 3.06. The number of amides is 1. The molecule has 1 aromatic heterocycles. The van der Waals surface area contributed by atoms with E-state index in [1.165, 1.54) is 0 Å². The molecule has 0 radical (unpaired) electrons. The summed E-state index contributed by atoms with van der Waals surface area (Å²) in [7, 11) is 0. The van der Waals surface area contributed by atoms with Gasteiger partial charge in [-0.25, -0.2) is 4.79 Å². The monoisotopic (exact) mass is 368 g/mol. The van der Waals surface area contributed by atoms with Crippen LogP contribution in [0.3, 0.4) is 0 Å². The number of hydrogen-bond acceptors (Lipinski definition) is 4. The first-order valence-electron chi connectivity index (χ1n) is 7.53. The van der Waals surface area contributed by atoms with Crippen molar-refractivity contribution in [1.82, 2.24) is 9.88 Å². The van der Waals surface area contributed by atoms with E-state index in [9.17, 15) is 9.90 Å². The highest BCUT2D eigenvalue weighted by molar-refractivity contribution is 9.10. The van der Waals surface area contributed by atoms with Crippen LogP contribution in [-0.4, -0.2) is 39.3 Å². The van der Waals surface area contributed by atoms with Gasteiger partial charge in [-0.15, -0.1) is 0 Å². The number of halogens is 1. The van der Waals surface area contributed by atoms with Gasteiger partial charge >= 0.3 is 6.09 Å². The quantitative estimate of drug-likeness (QED) is 0.827. The molecule has 2 aliphatic rings. The van der Waals surface area contributed by atoms with Crippen molar-refractivity contribution in [2.24, 2.45) is 5.92 Å². The van der Waals surface area contributed by atoms with Crippen molar-refractivity contribution in [3.8, 4) is 0 Å². The molecule has 3 atom stereocenters. The molecule has 1 aliphatic carbocycles. The number of aromatic nitrogens is 1. The molecule has 3 unspecified atom stereocenters. The van der Waals surface area contributed by atoms with Gasteiger partial charge in [0, 0.05) is 47.4 Å². The second-order valence-corrected chi connectivity index (χ2v) is 8.06. The van der Waals surface area contributed by atoms with Gasteiger partial charge in [-0.05, 0) is 49.2 Å². The summed E-state index contributed by atoms with van der Waals surface area (Å²) in [6.07, 6.45) is 4.46. The summed E-state index contributed by atoms with van der Waals surface area (Å²) in [4.78, 5) is 18.1. The summed E-state index contributed by atoms with van der Waals surface area (Å²) in [5, 5.41) is 11.1. The summed E-state index contributed by atoms with van der Waals surface area (Å²) in [5.74, 6) is 0.0312. The van der Waals surface area contributed by atoms with Crippen LogP contribution in [0.4, 0.5) is 4.79 Å². The van der Waals surface area contributed by atoms with Crippen molar-refractivity contribution in [2.75, 3.05) is 6.54 Å². The molecule has 120 valence electrons. The maximum absolute atomic E-state index is 12.3. The smallest absolute Gasteiger partial charge is 0.410 e. The van der Waals surface area contributed by atoms with Crippen LogP contribution in [0.15, 0.2) is 22.9 Å². The van der Waals surface area contributed by atoms with E-state index in [0.717, 1.165) is 16.5 Å². The topological polar surface area (TPSA) is 62.7 Å². The van der Waals surface area contributed by atoms with Gasteiger partial charge in [0.1, 0.15) is 5.60 Å². The maximum atomic E-state index is 12.3. The number of ether oxygens (including phenoxy) is 1. The first-order chi connectivity index (χ1) is 10.2. The zero-order valence-electron chi connectivity index (χ0n) is 13.0. The van der Waals surface area contributed by atoms with Crippen LogP contribution < -0.4 is 0 Å². The Hall–Kier alpha value is -1.14. The number of rotatable bonds is 1. The molecule has 2 heterocycles. The Balaban J connectivity index is 1.77. The van der Waals surface area contributed by atoms with E-state index in [1.807, 2.05) is 26.8 Å². The summed E-state index contributed by atoms with van der Waals surface area (Å²) in [5.41, 5.74) is -0.535. The average Bonchev–Trinajstić information content (AvgIpc) is 2.94. The molecular formula is C16H21BrN2O3. The number of likely N-dealkylation sites (tertiary alicyclic amines) is 1. The number of piperidine rings is 1. The molecule has 1 N–H and O–H groups in total. The summed E-state index contributed by atoms with van der Waals surface area (Å²) < 4.78 is 6.27. The highest BCUT2D eigenvalue weighted by Crippen LogP contribution is 2.52. The molecule has 1 saturated heterocycles. The fourth-order valence-corrected chi connectivity index (χ4v) is 4.18. The third-order valence-corrected chi connectivity index (χ3v) is 5.14. The van der Waals surface area contributed by atoms with Gasteiger partial charge in [0.25, 0.3) is 0 Å². The minimum absolute atomic E-state index is 0.0312. The lowest BCUT2D eigenvalue weighted by Crippen LogP contribution is -2.48. The Morgan fingerprint density at radius 2 is 2.27 bits per heavy atom. The lowest BCUT2D eigenvalue weighted by molar-refractivity contribution is -0.0444. The van der Waals surface area contributed by atoms with E-state index in [2.05, 4.69) is 20.9 Å². The van der Waals surface area contributed by atoms with Crippen molar-refractivity contribution in [1.29, 1.82) is 0 Å². The standard InChI is InChI=1S/C16H21BrN2O3/c1-15(2,3)22-14(20)19-9-10-6-11(19)7-16(10,21)12-4-5-18-8-13(12)17/h4-5,8,10-11,21H,6-7,9H2,1-3H3. The van der Waals surface area contributed by atoms with Crippen molar-refractivity contribution in [3.63, 3.8) is 0 Å².